The highest BCUT2D eigenvalue weighted by molar-refractivity contribution is 7.90. The third kappa shape index (κ3) is 6.37. The second-order valence-electron chi connectivity index (χ2n) is 15.8. The normalized spacial score (nSPS) is 20.4. The number of likely N-dealkylation sites (tertiary alicyclic amines) is 2. The maximum atomic E-state index is 14.4. The molecule has 1 N–H and O–H groups in total. The molecule has 53 heavy (non-hydrogen) atoms. The van der Waals surface area contributed by atoms with Crippen molar-refractivity contribution in [3.63, 3.8) is 0 Å². The number of benzene rings is 2. The van der Waals surface area contributed by atoms with E-state index in [1.54, 1.807) is 19.4 Å². The molecule has 4 aliphatic rings. The van der Waals surface area contributed by atoms with Crippen molar-refractivity contribution in [2.24, 2.45) is 13.0 Å². The van der Waals surface area contributed by atoms with Crippen LogP contribution in [-0.4, -0.2) is 89.0 Å². The minimum absolute atomic E-state index is 0.00872. The molecule has 1 saturated carbocycles. The fourth-order valence-electron chi connectivity index (χ4n) is 9.52. The van der Waals surface area contributed by atoms with Crippen molar-refractivity contribution in [3.8, 4) is 17.0 Å². The first-order chi connectivity index (χ1) is 25.5. The minimum Gasteiger partial charge on any atom is -0.497 e. The molecule has 3 aliphatic heterocycles. The number of ether oxygens (including phenoxy) is 1. The van der Waals surface area contributed by atoms with Gasteiger partial charge in [0.1, 0.15) is 5.75 Å². The van der Waals surface area contributed by atoms with Crippen LogP contribution in [0, 0.1) is 5.92 Å². The third-order valence-electron chi connectivity index (χ3n) is 11.8. The first-order valence-electron chi connectivity index (χ1n) is 19.1. The zero-order valence-electron chi connectivity index (χ0n) is 31.4. The Balaban J connectivity index is 1.29. The number of allylic oxidation sites excluding steroid dienone is 1. The van der Waals surface area contributed by atoms with E-state index in [4.69, 9.17) is 4.74 Å². The van der Waals surface area contributed by atoms with Crippen LogP contribution in [-0.2, 0) is 23.6 Å². The Morgan fingerprint density at radius 1 is 1.02 bits per heavy atom. The number of aromatic nitrogens is 3. The molecule has 0 spiro atoms. The molecule has 2 aromatic heterocycles. The Kier molecular flexibility index (Phi) is 9.25. The summed E-state index contributed by atoms with van der Waals surface area (Å²) in [6.07, 6.45) is 10.5. The Hall–Kier alpha value is -4.42. The van der Waals surface area contributed by atoms with Crippen molar-refractivity contribution >= 4 is 44.4 Å². The average Bonchev–Trinajstić information content (AvgIpc) is 3.90. The van der Waals surface area contributed by atoms with Crippen LogP contribution in [0.1, 0.15) is 103 Å². The summed E-state index contributed by atoms with van der Waals surface area (Å²) >= 11 is 0. The van der Waals surface area contributed by atoms with E-state index in [0.717, 1.165) is 96.5 Å². The molecule has 2 aromatic carbocycles. The highest BCUT2D eigenvalue weighted by Gasteiger charge is 2.45. The van der Waals surface area contributed by atoms with E-state index in [9.17, 15) is 18.0 Å². The van der Waals surface area contributed by atoms with E-state index < -0.39 is 15.9 Å². The zero-order valence-corrected chi connectivity index (χ0v) is 32.2. The molecule has 1 aliphatic carbocycles. The number of likely N-dealkylation sites (N-methyl/N-ethyl adjacent to an activating group) is 1. The number of nitrogens with zero attached hydrogens (tertiary/aromatic N) is 5. The highest BCUT2D eigenvalue weighted by Crippen LogP contribution is 2.48. The van der Waals surface area contributed by atoms with Gasteiger partial charge in [0.15, 0.2) is 0 Å². The Labute approximate surface area is 312 Å². The van der Waals surface area contributed by atoms with Crippen LogP contribution in [0.15, 0.2) is 42.6 Å². The molecular formula is C41H50N6O5S. The number of nitrogens with one attached hydrogen (secondary N) is 1. The van der Waals surface area contributed by atoms with E-state index in [-0.39, 0.29) is 29.2 Å². The number of rotatable bonds is 9. The summed E-state index contributed by atoms with van der Waals surface area (Å²) in [5, 5.41) is 5.72. The molecule has 11 nitrogen and oxygen atoms in total. The van der Waals surface area contributed by atoms with Gasteiger partial charge in [-0.25, -0.2) is 13.1 Å². The van der Waals surface area contributed by atoms with Gasteiger partial charge in [0.05, 0.1) is 42.6 Å². The zero-order chi connectivity index (χ0) is 37.2. The highest BCUT2D eigenvalue weighted by atomic mass is 32.2. The summed E-state index contributed by atoms with van der Waals surface area (Å²) in [5.74, 6) is 0.170. The second-order valence-corrected chi connectivity index (χ2v) is 17.5. The molecule has 2 saturated heterocycles. The van der Waals surface area contributed by atoms with Gasteiger partial charge in [-0.3, -0.25) is 19.2 Å². The standard InChI is InChI=1S/C41H50N6O5S/c1-6-45-22-31-19-30(45)23-46(31)41(49)35-20-42-44(4)38(35)29-16-28-17-32(52-5)13-15-33(28)39-37(26-10-8-7-9-11-26)34-14-12-27(18-36(34)47(39)21-29)40(48)43-53(50,51)24-25(2)3/h12-18,20,25-26,30-31H,6-11,19,21-24H2,1-5H3,(H,43,48)/t30?,31-/m1/s1. The molecule has 3 fully saturated rings. The number of hydrogen-bond donors (Lipinski definition) is 1. The topological polar surface area (TPSA) is 119 Å². The lowest BCUT2D eigenvalue weighted by molar-refractivity contribution is 0.0630. The number of aryl methyl sites for hydroxylation is 1. The van der Waals surface area contributed by atoms with Gasteiger partial charge in [0.2, 0.25) is 10.0 Å². The van der Waals surface area contributed by atoms with Crippen molar-refractivity contribution < 1.29 is 22.7 Å². The molecule has 5 heterocycles. The van der Waals surface area contributed by atoms with Gasteiger partial charge < -0.3 is 14.2 Å². The van der Waals surface area contributed by atoms with E-state index >= 15 is 0 Å². The van der Waals surface area contributed by atoms with E-state index in [2.05, 4.69) is 44.4 Å². The van der Waals surface area contributed by atoms with Crippen LogP contribution < -0.4 is 9.46 Å². The SMILES string of the molecule is CCN1C[C@H]2CC1CN2C(=O)c1cnn(C)c1C1=Cc2cc(OC)ccc2-c2c(C3CCCCC3)c3ccc(C(=O)NS(=O)(=O)CC(C)C)cc3n2C1. The van der Waals surface area contributed by atoms with Gasteiger partial charge in [-0.1, -0.05) is 46.1 Å². The van der Waals surface area contributed by atoms with Crippen molar-refractivity contribution in [2.45, 2.75) is 83.8 Å². The molecule has 8 rings (SSSR count). The molecule has 280 valence electrons. The summed E-state index contributed by atoms with van der Waals surface area (Å²) in [6.45, 7) is 8.84. The number of carbonyl (C=O) groups excluding carboxylic acids is 2. The Bertz CT molecular complexity index is 2250. The van der Waals surface area contributed by atoms with Crippen molar-refractivity contribution in [1.82, 2.24) is 28.9 Å². The fraction of sp³-hybridized carbons (Fsp3) is 0.488. The minimum atomic E-state index is -3.81. The molecule has 2 atom stereocenters. The largest absolute Gasteiger partial charge is 0.497 e. The summed E-state index contributed by atoms with van der Waals surface area (Å²) < 4.78 is 37.8. The second kappa shape index (κ2) is 13.8. The first kappa shape index (κ1) is 35.6. The number of hydrogen-bond acceptors (Lipinski definition) is 7. The lowest BCUT2D eigenvalue weighted by atomic mass is 9.81. The number of amides is 2. The summed E-state index contributed by atoms with van der Waals surface area (Å²) in [6, 6.07) is 12.3. The third-order valence-corrected chi connectivity index (χ3v) is 13.4. The van der Waals surface area contributed by atoms with Gasteiger partial charge in [0.25, 0.3) is 11.8 Å². The molecule has 2 bridgehead atoms. The van der Waals surface area contributed by atoms with Gasteiger partial charge >= 0.3 is 0 Å². The van der Waals surface area contributed by atoms with Crippen molar-refractivity contribution in [1.29, 1.82) is 0 Å². The number of methoxy groups -OCH3 is 1. The quantitative estimate of drug-likeness (QED) is 0.215. The predicted molar refractivity (Wildman–Crippen MR) is 207 cm³/mol. The lowest BCUT2D eigenvalue weighted by Crippen LogP contribution is -2.48. The number of carbonyl (C=O) groups is 2. The van der Waals surface area contributed by atoms with Gasteiger partial charge in [-0.2, -0.15) is 5.10 Å². The van der Waals surface area contributed by atoms with E-state index in [0.29, 0.717) is 24.1 Å². The Morgan fingerprint density at radius 3 is 2.51 bits per heavy atom. The van der Waals surface area contributed by atoms with Crippen molar-refractivity contribution in [2.75, 3.05) is 32.5 Å². The Morgan fingerprint density at radius 2 is 1.81 bits per heavy atom. The van der Waals surface area contributed by atoms with E-state index in [1.807, 2.05) is 48.7 Å². The summed E-state index contributed by atoms with van der Waals surface area (Å²) in [4.78, 5) is 32.5. The lowest BCUT2D eigenvalue weighted by Gasteiger charge is -2.33. The molecule has 1 unspecified atom stereocenters. The predicted octanol–water partition coefficient (Wildman–Crippen LogP) is 6.29. The maximum absolute atomic E-state index is 14.4. The molecule has 12 heteroatoms. The number of sulfonamides is 1. The fourth-order valence-corrected chi connectivity index (χ4v) is 10.9. The van der Waals surface area contributed by atoms with Crippen LogP contribution in [0.25, 0.3) is 33.8 Å². The maximum Gasteiger partial charge on any atom is 0.264 e. The molecular weight excluding hydrogens is 689 g/mol. The van der Waals surface area contributed by atoms with Gasteiger partial charge in [-0.05, 0) is 90.8 Å². The molecule has 2 amide bonds. The van der Waals surface area contributed by atoms with Crippen LogP contribution in [0.2, 0.25) is 0 Å². The van der Waals surface area contributed by atoms with Crippen molar-refractivity contribution in [3.05, 3.63) is 70.5 Å². The molecule has 4 aromatic rings. The van der Waals surface area contributed by atoms with Crippen LogP contribution in [0.5, 0.6) is 5.75 Å². The van der Waals surface area contributed by atoms with Crippen LogP contribution >= 0.6 is 0 Å². The monoisotopic (exact) mass is 738 g/mol. The van der Waals surface area contributed by atoms with Crippen LogP contribution in [0.4, 0.5) is 0 Å². The number of piperazine rings is 1. The van der Waals surface area contributed by atoms with E-state index in [1.165, 1.54) is 12.0 Å². The average molecular weight is 739 g/mol. The smallest absolute Gasteiger partial charge is 0.264 e. The summed E-state index contributed by atoms with van der Waals surface area (Å²) in [7, 11) is -0.250. The number of fused-ring (bicyclic) bond motifs is 7. The first-order valence-corrected chi connectivity index (χ1v) is 20.8. The van der Waals surface area contributed by atoms with Gasteiger partial charge in [0, 0.05) is 54.3 Å². The van der Waals surface area contributed by atoms with Crippen LogP contribution in [0.3, 0.4) is 0 Å². The molecule has 0 radical (unpaired) electrons. The summed E-state index contributed by atoms with van der Waals surface area (Å²) in [5.41, 5.74) is 7.79. The van der Waals surface area contributed by atoms with Gasteiger partial charge in [-0.15, -0.1) is 0 Å².